The van der Waals surface area contributed by atoms with Crippen molar-refractivity contribution < 1.29 is 9.59 Å². The Hall–Kier alpha value is -2.48. The zero-order valence-electron chi connectivity index (χ0n) is 14.9. The molecule has 2 heterocycles. The van der Waals surface area contributed by atoms with E-state index in [0.717, 1.165) is 23.0 Å². The molecule has 2 aromatic rings. The molecule has 3 rings (SSSR count). The van der Waals surface area contributed by atoms with Crippen LogP contribution in [0.2, 0.25) is 0 Å². The molecule has 0 spiro atoms. The molecule has 1 saturated heterocycles. The summed E-state index contributed by atoms with van der Waals surface area (Å²) in [6.07, 6.45) is 5.08. The van der Waals surface area contributed by atoms with E-state index >= 15 is 0 Å². The summed E-state index contributed by atoms with van der Waals surface area (Å²) in [6, 6.07) is 7.32. The number of imidazole rings is 1. The van der Waals surface area contributed by atoms with Crippen molar-refractivity contribution >= 4 is 35.1 Å². The molecular weight excluding hydrogens is 350 g/mol. The number of hydrogen-bond acceptors (Lipinski definition) is 4. The molecule has 8 heteroatoms. The first-order valence-corrected chi connectivity index (χ1v) is 9.60. The summed E-state index contributed by atoms with van der Waals surface area (Å²) in [6.45, 7) is 2.57. The number of thioether (sulfide) groups is 1. The van der Waals surface area contributed by atoms with Crippen LogP contribution in [-0.2, 0) is 11.8 Å². The maximum atomic E-state index is 12.1. The molecule has 1 atom stereocenters. The summed E-state index contributed by atoms with van der Waals surface area (Å²) in [5.74, 6) is 0.864. The largest absolute Gasteiger partial charge is 0.337 e. The number of urea groups is 1. The predicted octanol–water partition coefficient (Wildman–Crippen LogP) is 2.85. The molecule has 138 valence electrons. The van der Waals surface area contributed by atoms with Crippen LogP contribution in [0.4, 0.5) is 16.2 Å². The summed E-state index contributed by atoms with van der Waals surface area (Å²) in [5.41, 5.74) is 1.49. The van der Waals surface area contributed by atoms with Crippen molar-refractivity contribution in [3.8, 4) is 0 Å². The highest BCUT2D eigenvalue weighted by Gasteiger charge is 2.28. The minimum Gasteiger partial charge on any atom is -0.337 e. The second kappa shape index (κ2) is 8.27. The third-order valence-electron chi connectivity index (χ3n) is 4.26. The lowest BCUT2D eigenvalue weighted by Gasteiger charge is -2.22. The van der Waals surface area contributed by atoms with Crippen LogP contribution in [-0.4, -0.2) is 39.8 Å². The van der Waals surface area contributed by atoms with Crippen LogP contribution in [0, 0.1) is 0 Å². The minimum atomic E-state index is -0.261. The first-order chi connectivity index (χ1) is 12.5. The van der Waals surface area contributed by atoms with Crippen LogP contribution in [0.25, 0.3) is 0 Å². The van der Waals surface area contributed by atoms with E-state index in [-0.39, 0.29) is 18.0 Å². The Balaban J connectivity index is 1.49. The molecule has 1 aliphatic rings. The molecular formula is C18H23N5O2S. The fraction of sp³-hybridized carbons (Fsp3) is 0.389. The van der Waals surface area contributed by atoms with E-state index in [1.54, 1.807) is 22.9 Å². The molecule has 26 heavy (non-hydrogen) atoms. The van der Waals surface area contributed by atoms with Gasteiger partial charge in [-0.05, 0) is 31.5 Å². The maximum absolute atomic E-state index is 12.1. The van der Waals surface area contributed by atoms with E-state index in [2.05, 4.69) is 15.6 Å². The molecule has 7 nitrogen and oxygen atoms in total. The third-order valence-corrected chi connectivity index (χ3v) is 5.32. The van der Waals surface area contributed by atoms with Crippen LogP contribution < -0.4 is 15.5 Å². The zero-order valence-corrected chi connectivity index (χ0v) is 15.8. The molecule has 0 unspecified atom stereocenters. The first-order valence-electron chi connectivity index (χ1n) is 8.61. The second-order valence-electron chi connectivity index (χ2n) is 6.25. The Labute approximate surface area is 157 Å². The SMILES string of the molecule is C[C@H]1CCC(=O)N1c1cccc(NC(=O)NCCSc2nccn2C)c1. The minimum absolute atomic E-state index is 0.130. The van der Waals surface area contributed by atoms with E-state index in [4.69, 9.17) is 0 Å². The number of rotatable bonds is 6. The molecule has 1 aromatic carbocycles. The van der Waals surface area contributed by atoms with Gasteiger partial charge in [-0.2, -0.15) is 0 Å². The van der Waals surface area contributed by atoms with E-state index in [0.29, 0.717) is 18.7 Å². The Kier molecular flexibility index (Phi) is 5.82. The van der Waals surface area contributed by atoms with E-state index in [1.165, 1.54) is 0 Å². The van der Waals surface area contributed by atoms with Crippen LogP contribution in [0.15, 0.2) is 41.8 Å². The van der Waals surface area contributed by atoms with Gasteiger partial charge in [0.15, 0.2) is 5.16 Å². The number of amides is 3. The predicted molar refractivity (Wildman–Crippen MR) is 104 cm³/mol. The number of nitrogens with zero attached hydrogens (tertiary/aromatic N) is 3. The highest BCUT2D eigenvalue weighted by Crippen LogP contribution is 2.28. The van der Waals surface area contributed by atoms with Crippen LogP contribution in [0.3, 0.4) is 0 Å². The maximum Gasteiger partial charge on any atom is 0.319 e. The number of benzene rings is 1. The molecule has 0 radical (unpaired) electrons. The lowest BCUT2D eigenvalue weighted by molar-refractivity contribution is -0.117. The van der Waals surface area contributed by atoms with Crippen molar-refractivity contribution in [2.75, 3.05) is 22.5 Å². The standard InChI is InChI=1S/C18H23N5O2S/c1-13-6-7-16(24)23(13)15-5-3-4-14(12-15)21-17(25)19-9-11-26-18-20-8-10-22(18)2/h3-5,8,10,12-13H,6-7,9,11H2,1-2H3,(H2,19,21,25)/t13-/m0/s1. The van der Waals surface area contributed by atoms with Crippen LogP contribution >= 0.6 is 11.8 Å². The number of carbonyl (C=O) groups excluding carboxylic acids is 2. The zero-order chi connectivity index (χ0) is 18.5. The smallest absolute Gasteiger partial charge is 0.319 e. The van der Waals surface area contributed by atoms with Gasteiger partial charge in [0.05, 0.1) is 0 Å². The lowest BCUT2D eigenvalue weighted by atomic mass is 10.2. The lowest BCUT2D eigenvalue weighted by Crippen LogP contribution is -2.32. The van der Waals surface area contributed by atoms with Crippen molar-refractivity contribution in [2.45, 2.75) is 31.0 Å². The van der Waals surface area contributed by atoms with E-state index in [9.17, 15) is 9.59 Å². The van der Waals surface area contributed by atoms with Crippen molar-refractivity contribution in [2.24, 2.45) is 7.05 Å². The van der Waals surface area contributed by atoms with Gasteiger partial charge in [-0.25, -0.2) is 9.78 Å². The van der Waals surface area contributed by atoms with Crippen molar-refractivity contribution in [1.29, 1.82) is 0 Å². The van der Waals surface area contributed by atoms with Crippen LogP contribution in [0.1, 0.15) is 19.8 Å². The van der Waals surface area contributed by atoms with Crippen LogP contribution in [0.5, 0.6) is 0 Å². The summed E-state index contributed by atoms with van der Waals surface area (Å²) in [7, 11) is 1.94. The topological polar surface area (TPSA) is 79.3 Å². The quantitative estimate of drug-likeness (QED) is 0.603. The van der Waals surface area contributed by atoms with E-state index in [1.807, 2.05) is 49.0 Å². The second-order valence-corrected chi connectivity index (χ2v) is 7.31. The van der Waals surface area contributed by atoms with Gasteiger partial charge in [0.2, 0.25) is 5.91 Å². The average molecular weight is 373 g/mol. The number of nitrogens with one attached hydrogen (secondary N) is 2. The number of hydrogen-bond donors (Lipinski definition) is 2. The fourth-order valence-electron chi connectivity index (χ4n) is 2.93. The number of carbonyl (C=O) groups is 2. The summed E-state index contributed by atoms with van der Waals surface area (Å²) in [4.78, 5) is 30.1. The highest BCUT2D eigenvalue weighted by atomic mass is 32.2. The van der Waals surface area contributed by atoms with Gasteiger partial charge in [-0.3, -0.25) is 4.79 Å². The Bertz CT molecular complexity index is 791. The molecule has 0 saturated carbocycles. The average Bonchev–Trinajstić information content (AvgIpc) is 3.17. The number of aromatic nitrogens is 2. The summed E-state index contributed by atoms with van der Waals surface area (Å²) >= 11 is 1.59. The number of aryl methyl sites for hydroxylation is 1. The Morgan fingerprint density at radius 3 is 2.96 bits per heavy atom. The molecule has 1 aromatic heterocycles. The molecule has 2 N–H and O–H groups in total. The molecule has 3 amide bonds. The van der Waals surface area contributed by atoms with Gasteiger partial charge in [0.25, 0.3) is 0 Å². The van der Waals surface area contributed by atoms with Gasteiger partial charge in [0, 0.05) is 55.6 Å². The molecule has 1 fully saturated rings. The molecule has 1 aliphatic heterocycles. The van der Waals surface area contributed by atoms with Crippen molar-refractivity contribution in [3.05, 3.63) is 36.7 Å². The van der Waals surface area contributed by atoms with Gasteiger partial charge in [-0.15, -0.1) is 0 Å². The molecule has 0 bridgehead atoms. The van der Waals surface area contributed by atoms with Crippen molar-refractivity contribution in [3.63, 3.8) is 0 Å². The summed E-state index contributed by atoms with van der Waals surface area (Å²) < 4.78 is 1.94. The molecule has 0 aliphatic carbocycles. The summed E-state index contributed by atoms with van der Waals surface area (Å²) in [5, 5.41) is 6.57. The Morgan fingerprint density at radius 2 is 2.27 bits per heavy atom. The monoisotopic (exact) mass is 373 g/mol. The van der Waals surface area contributed by atoms with Gasteiger partial charge < -0.3 is 20.1 Å². The van der Waals surface area contributed by atoms with Crippen molar-refractivity contribution in [1.82, 2.24) is 14.9 Å². The third kappa shape index (κ3) is 4.37. The number of anilines is 2. The normalized spacial score (nSPS) is 16.8. The van der Waals surface area contributed by atoms with E-state index < -0.39 is 0 Å². The van der Waals surface area contributed by atoms with Gasteiger partial charge in [0.1, 0.15) is 0 Å². The van der Waals surface area contributed by atoms with Gasteiger partial charge >= 0.3 is 6.03 Å². The fourth-order valence-corrected chi connectivity index (χ4v) is 3.72. The van der Waals surface area contributed by atoms with Gasteiger partial charge in [-0.1, -0.05) is 17.8 Å². The first kappa shape index (κ1) is 18.3. The highest BCUT2D eigenvalue weighted by molar-refractivity contribution is 7.99. The Morgan fingerprint density at radius 1 is 1.42 bits per heavy atom.